The second-order valence-corrected chi connectivity index (χ2v) is 5.20. The number of thioether (sulfide) groups is 1. The molecule has 5 heteroatoms. The maximum Gasteiger partial charge on any atom is 0.141 e. The van der Waals surface area contributed by atoms with E-state index >= 15 is 0 Å². The Kier molecular flexibility index (Phi) is 5.52. The van der Waals surface area contributed by atoms with Crippen LogP contribution in [0.2, 0.25) is 0 Å². The standard InChI is InChI=1S/C11H19N3OS/c1-9(2)7-14-11(12-8-13-14)6-10(15)4-5-16-3/h8-9H,4-7H2,1-3H3. The van der Waals surface area contributed by atoms with Gasteiger partial charge in [0, 0.05) is 13.0 Å². The third-order valence-corrected chi connectivity index (χ3v) is 2.79. The molecule has 0 aliphatic carbocycles. The molecular weight excluding hydrogens is 222 g/mol. The van der Waals surface area contributed by atoms with Gasteiger partial charge in [0.25, 0.3) is 0 Å². The van der Waals surface area contributed by atoms with Gasteiger partial charge in [-0.2, -0.15) is 16.9 Å². The minimum absolute atomic E-state index is 0.243. The zero-order valence-electron chi connectivity index (χ0n) is 10.1. The summed E-state index contributed by atoms with van der Waals surface area (Å²) in [5.74, 6) is 2.44. The molecular formula is C11H19N3OS. The molecule has 0 saturated heterocycles. The molecule has 0 atom stereocenters. The van der Waals surface area contributed by atoms with Crippen molar-refractivity contribution in [2.24, 2.45) is 5.92 Å². The van der Waals surface area contributed by atoms with Crippen LogP contribution in [0.1, 0.15) is 26.1 Å². The highest BCUT2D eigenvalue weighted by atomic mass is 32.2. The van der Waals surface area contributed by atoms with E-state index in [1.165, 1.54) is 6.33 Å². The predicted molar refractivity (Wildman–Crippen MR) is 66.6 cm³/mol. The van der Waals surface area contributed by atoms with Crippen LogP contribution in [0.3, 0.4) is 0 Å². The minimum atomic E-state index is 0.243. The van der Waals surface area contributed by atoms with Crippen LogP contribution in [0.5, 0.6) is 0 Å². The zero-order chi connectivity index (χ0) is 12.0. The fourth-order valence-corrected chi connectivity index (χ4v) is 1.84. The number of carbonyl (C=O) groups excluding carboxylic acids is 1. The van der Waals surface area contributed by atoms with Gasteiger partial charge in [-0.1, -0.05) is 13.8 Å². The van der Waals surface area contributed by atoms with Gasteiger partial charge in [-0.05, 0) is 17.9 Å². The highest BCUT2D eigenvalue weighted by Gasteiger charge is 2.10. The first kappa shape index (κ1) is 13.2. The summed E-state index contributed by atoms with van der Waals surface area (Å²) >= 11 is 1.69. The largest absolute Gasteiger partial charge is 0.299 e. The van der Waals surface area contributed by atoms with Gasteiger partial charge in [0.15, 0.2) is 0 Å². The van der Waals surface area contributed by atoms with E-state index in [1.807, 2.05) is 10.9 Å². The van der Waals surface area contributed by atoms with E-state index in [1.54, 1.807) is 11.8 Å². The Bertz CT molecular complexity index is 336. The van der Waals surface area contributed by atoms with E-state index in [9.17, 15) is 4.79 Å². The molecule has 4 nitrogen and oxygen atoms in total. The van der Waals surface area contributed by atoms with E-state index in [4.69, 9.17) is 0 Å². The SMILES string of the molecule is CSCCC(=O)Cc1ncnn1CC(C)C. The van der Waals surface area contributed by atoms with Crippen molar-refractivity contribution < 1.29 is 4.79 Å². The molecule has 0 radical (unpaired) electrons. The Morgan fingerprint density at radius 1 is 1.56 bits per heavy atom. The van der Waals surface area contributed by atoms with Gasteiger partial charge in [-0.15, -0.1) is 0 Å². The molecule has 0 aliphatic rings. The van der Waals surface area contributed by atoms with Crippen molar-refractivity contribution in [3.05, 3.63) is 12.2 Å². The number of aromatic nitrogens is 3. The summed E-state index contributed by atoms with van der Waals surface area (Å²) in [5.41, 5.74) is 0. The lowest BCUT2D eigenvalue weighted by Gasteiger charge is -2.07. The van der Waals surface area contributed by atoms with E-state index < -0.39 is 0 Å². The Balaban J connectivity index is 2.52. The Hall–Kier alpha value is -0.840. The molecule has 0 fully saturated rings. The van der Waals surface area contributed by atoms with Gasteiger partial charge < -0.3 is 0 Å². The van der Waals surface area contributed by atoms with Crippen molar-refractivity contribution in [2.45, 2.75) is 33.2 Å². The van der Waals surface area contributed by atoms with E-state index in [0.717, 1.165) is 18.1 Å². The second-order valence-electron chi connectivity index (χ2n) is 4.21. The molecule has 0 bridgehead atoms. The maximum absolute atomic E-state index is 11.6. The first-order chi connectivity index (χ1) is 7.63. The van der Waals surface area contributed by atoms with E-state index in [0.29, 0.717) is 18.8 Å². The normalized spacial score (nSPS) is 11.0. The van der Waals surface area contributed by atoms with Crippen molar-refractivity contribution in [2.75, 3.05) is 12.0 Å². The fraction of sp³-hybridized carbons (Fsp3) is 0.727. The molecule has 16 heavy (non-hydrogen) atoms. The van der Waals surface area contributed by atoms with Crippen LogP contribution in [0.25, 0.3) is 0 Å². The Morgan fingerprint density at radius 2 is 2.31 bits per heavy atom. The number of ketones is 1. The summed E-state index contributed by atoms with van der Waals surface area (Å²) in [6.07, 6.45) is 4.57. The molecule has 0 N–H and O–H groups in total. The topological polar surface area (TPSA) is 47.8 Å². The van der Waals surface area contributed by atoms with Crippen molar-refractivity contribution in [3.63, 3.8) is 0 Å². The predicted octanol–water partition coefficient (Wildman–Crippen LogP) is 1.80. The Labute approximate surface area is 101 Å². The molecule has 90 valence electrons. The van der Waals surface area contributed by atoms with Gasteiger partial charge in [-0.3, -0.25) is 4.79 Å². The number of nitrogens with zero attached hydrogens (tertiary/aromatic N) is 3. The highest BCUT2D eigenvalue weighted by Crippen LogP contribution is 2.05. The summed E-state index contributed by atoms with van der Waals surface area (Å²) < 4.78 is 1.83. The van der Waals surface area contributed by atoms with Crippen LogP contribution < -0.4 is 0 Å². The zero-order valence-corrected chi connectivity index (χ0v) is 11.0. The molecule has 1 aromatic rings. The minimum Gasteiger partial charge on any atom is -0.299 e. The van der Waals surface area contributed by atoms with Gasteiger partial charge in [0.05, 0.1) is 6.42 Å². The van der Waals surface area contributed by atoms with Crippen LogP contribution in [-0.4, -0.2) is 32.6 Å². The maximum atomic E-state index is 11.6. The van der Waals surface area contributed by atoms with Gasteiger partial charge in [0.1, 0.15) is 17.9 Å². The second kappa shape index (κ2) is 6.68. The lowest BCUT2D eigenvalue weighted by atomic mass is 10.2. The molecule has 1 rings (SSSR count). The number of carbonyl (C=O) groups is 1. The van der Waals surface area contributed by atoms with Crippen molar-refractivity contribution in [1.82, 2.24) is 14.8 Å². The summed E-state index contributed by atoms with van der Waals surface area (Å²) in [4.78, 5) is 15.8. The molecule has 0 aromatic carbocycles. The van der Waals surface area contributed by atoms with Crippen LogP contribution in [0, 0.1) is 5.92 Å². The van der Waals surface area contributed by atoms with Crippen LogP contribution >= 0.6 is 11.8 Å². The Morgan fingerprint density at radius 3 is 2.94 bits per heavy atom. The van der Waals surface area contributed by atoms with Crippen LogP contribution in [0.4, 0.5) is 0 Å². The molecule has 0 saturated carbocycles. The van der Waals surface area contributed by atoms with Gasteiger partial charge in [-0.25, -0.2) is 9.67 Å². The molecule has 1 heterocycles. The monoisotopic (exact) mass is 241 g/mol. The van der Waals surface area contributed by atoms with Crippen molar-refractivity contribution >= 4 is 17.5 Å². The van der Waals surface area contributed by atoms with E-state index in [-0.39, 0.29) is 5.78 Å². The molecule has 0 unspecified atom stereocenters. The average molecular weight is 241 g/mol. The smallest absolute Gasteiger partial charge is 0.141 e. The first-order valence-corrected chi connectivity index (χ1v) is 6.90. The first-order valence-electron chi connectivity index (χ1n) is 5.50. The third kappa shape index (κ3) is 4.35. The van der Waals surface area contributed by atoms with Crippen molar-refractivity contribution in [3.8, 4) is 0 Å². The molecule has 0 amide bonds. The van der Waals surface area contributed by atoms with E-state index in [2.05, 4.69) is 23.9 Å². The quantitative estimate of drug-likeness (QED) is 0.730. The fourth-order valence-electron chi connectivity index (χ4n) is 1.40. The number of rotatable bonds is 7. The van der Waals surface area contributed by atoms with Crippen molar-refractivity contribution in [1.29, 1.82) is 0 Å². The van der Waals surface area contributed by atoms with Crippen LogP contribution in [0.15, 0.2) is 6.33 Å². The highest BCUT2D eigenvalue weighted by molar-refractivity contribution is 7.98. The molecule has 1 aromatic heterocycles. The van der Waals surface area contributed by atoms with Gasteiger partial charge >= 0.3 is 0 Å². The lowest BCUT2D eigenvalue weighted by molar-refractivity contribution is -0.118. The average Bonchev–Trinajstić information content (AvgIpc) is 2.62. The number of Topliss-reactive ketones (excluding diaryl/α,β-unsaturated/α-hetero) is 1. The summed E-state index contributed by atoms with van der Waals surface area (Å²) in [6.45, 7) is 5.08. The number of hydrogen-bond acceptors (Lipinski definition) is 4. The summed E-state index contributed by atoms with van der Waals surface area (Å²) in [5, 5.41) is 4.14. The molecule has 0 spiro atoms. The third-order valence-electron chi connectivity index (χ3n) is 2.17. The summed E-state index contributed by atoms with van der Waals surface area (Å²) in [7, 11) is 0. The summed E-state index contributed by atoms with van der Waals surface area (Å²) in [6, 6.07) is 0. The number of hydrogen-bond donors (Lipinski definition) is 0. The lowest BCUT2D eigenvalue weighted by Crippen LogP contribution is -2.14. The molecule has 0 aliphatic heterocycles. The van der Waals surface area contributed by atoms with Crippen LogP contribution in [-0.2, 0) is 17.8 Å². The van der Waals surface area contributed by atoms with Gasteiger partial charge in [0.2, 0.25) is 0 Å².